The van der Waals surface area contributed by atoms with E-state index in [1.807, 2.05) is 0 Å². The molecule has 102 valence electrons. The number of phenolic OH excluding ortho intramolecular Hbond substituents is 1. The summed E-state index contributed by atoms with van der Waals surface area (Å²) in [6.45, 7) is 0. The third kappa shape index (κ3) is 3.73. The van der Waals surface area contributed by atoms with Gasteiger partial charge in [-0.25, -0.2) is 5.43 Å². The third-order valence-corrected chi connectivity index (χ3v) is 3.17. The average Bonchev–Trinajstić information content (AvgIpc) is 2.42. The third-order valence-electron chi connectivity index (χ3n) is 2.43. The molecule has 0 spiro atoms. The summed E-state index contributed by atoms with van der Waals surface area (Å²) in [6.07, 6.45) is 1.45. The molecule has 4 nitrogen and oxygen atoms in total. The highest BCUT2D eigenvalue weighted by molar-refractivity contribution is 6.42. The maximum Gasteiger partial charge on any atom is 0.271 e. The predicted molar refractivity (Wildman–Crippen MR) is 79.6 cm³/mol. The first-order chi connectivity index (χ1) is 9.56. The number of carbonyl (C=O) groups excluding carboxylic acids is 1. The lowest BCUT2D eigenvalue weighted by atomic mass is 10.2. The van der Waals surface area contributed by atoms with Crippen molar-refractivity contribution >= 4 is 35.3 Å². The van der Waals surface area contributed by atoms with E-state index >= 15 is 0 Å². The zero-order chi connectivity index (χ0) is 14.5. The lowest BCUT2D eigenvalue weighted by molar-refractivity contribution is 0.0954. The van der Waals surface area contributed by atoms with Crippen LogP contribution in [0.15, 0.2) is 47.6 Å². The van der Waals surface area contributed by atoms with Gasteiger partial charge in [-0.15, -0.1) is 0 Å². The Morgan fingerprint density at radius 2 is 1.95 bits per heavy atom. The normalized spacial score (nSPS) is 10.7. The number of carbonyl (C=O) groups is 1. The molecule has 0 bridgehead atoms. The zero-order valence-electron chi connectivity index (χ0n) is 10.2. The second-order valence-electron chi connectivity index (χ2n) is 3.92. The van der Waals surface area contributed by atoms with E-state index in [0.717, 1.165) is 0 Å². The van der Waals surface area contributed by atoms with E-state index in [-0.39, 0.29) is 5.75 Å². The number of hydrogen-bond donors (Lipinski definition) is 2. The van der Waals surface area contributed by atoms with Crippen LogP contribution in [-0.2, 0) is 0 Å². The molecule has 0 saturated carbocycles. The van der Waals surface area contributed by atoms with Gasteiger partial charge in [-0.1, -0.05) is 35.3 Å². The van der Waals surface area contributed by atoms with Gasteiger partial charge in [0.2, 0.25) is 0 Å². The molecule has 0 saturated heterocycles. The van der Waals surface area contributed by atoms with Crippen LogP contribution in [0.5, 0.6) is 5.75 Å². The number of nitrogens with one attached hydrogen (secondary N) is 1. The lowest BCUT2D eigenvalue weighted by Crippen LogP contribution is -2.17. The average molecular weight is 309 g/mol. The lowest BCUT2D eigenvalue weighted by Gasteiger charge is -2.00. The Balaban J connectivity index is 2.02. The molecule has 0 heterocycles. The van der Waals surface area contributed by atoms with Gasteiger partial charge in [0.1, 0.15) is 5.75 Å². The maximum atomic E-state index is 11.7. The van der Waals surface area contributed by atoms with E-state index in [0.29, 0.717) is 21.2 Å². The van der Waals surface area contributed by atoms with Crippen molar-refractivity contribution in [3.63, 3.8) is 0 Å². The first-order valence-corrected chi connectivity index (χ1v) is 6.39. The molecule has 0 radical (unpaired) electrons. The van der Waals surface area contributed by atoms with Gasteiger partial charge in [-0.05, 0) is 35.9 Å². The summed E-state index contributed by atoms with van der Waals surface area (Å²) in [7, 11) is 0. The highest BCUT2D eigenvalue weighted by Crippen LogP contribution is 2.21. The molecule has 2 rings (SSSR count). The second-order valence-corrected chi connectivity index (χ2v) is 4.74. The Hall–Kier alpha value is -2.04. The van der Waals surface area contributed by atoms with Crippen molar-refractivity contribution in [3.05, 3.63) is 63.6 Å². The largest absolute Gasteiger partial charge is 0.508 e. The molecule has 0 aliphatic heterocycles. The highest BCUT2D eigenvalue weighted by Gasteiger charge is 2.04. The fourth-order valence-corrected chi connectivity index (χ4v) is 1.78. The number of phenols is 1. The molecule has 0 fully saturated rings. The van der Waals surface area contributed by atoms with Crippen LogP contribution in [0.25, 0.3) is 0 Å². The van der Waals surface area contributed by atoms with Gasteiger partial charge in [-0.2, -0.15) is 5.10 Å². The fraction of sp³-hybridized carbons (Fsp3) is 0. The minimum Gasteiger partial charge on any atom is -0.508 e. The van der Waals surface area contributed by atoms with Gasteiger partial charge >= 0.3 is 0 Å². The maximum absolute atomic E-state index is 11.7. The number of hydrazone groups is 1. The summed E-state index contributed by atoms with van der Waals surface area (Å²) in [6, 6.07) is 11.0. The van der Waals surface area contributed by atoms with E-state index in [1.54, 1.807) is 30.3 Å². The summed E-state index contributed by atoms with van der Waals surface area (Å²) >= 11 is 11.7. The molecule has 0 aliphatic rings. The van der Waals surface area contributed by atoms with Crippen LogP contribution in [0.3, 0.4) is 0 Å². The molecule has 2 N–H and O–H groups in total. The summed E-state index contributed by atoms with van der Waals surface area (Å²) in [5, 5.41) is 14.0. The van der Waals surface area contributed by atoms with E-state index in [2.05, 4.69) is 10.5 Å². The van der Waals surface area contributed by atoms with Gasteiger partial charge in [0.25, 0.3) is 5.91 Å². The van der Waals surface area contributed by atoms with Crippen LogP contribution < -0.4 is 5.43 Å². The van der Waals surface area contributed by atoms with Gasteiger partial charge < -0.3 is 5.11 Å². The Labute approximate surface area is 125 Å². The molecular weight excluding hydrogens is 299 g/mol. The summed E-state index contributed by atoms with van der Waals surface area (Å²) in [4.78, 5) is 11.7. The monoisotopic (exact) mass is 308 g/mol. The van der Waals surface area contributed by atoms with Crippen molar-refractivity contribution in [2.45, 2.75) is 0 Å². The Morgan fingerprint density at radius 3 is 2.65 bits per heavy atom. The van der Waals surface area contributed by atoms with Crippen molar-refractivity contribution in [1.82, 2.24) is 5.43 Å². The molecule has 1 amide bonds. The molecule has 0 aromatic heterocycles. The van der Waals surface area contributed by atoms with Crippen LogP contribution in [0.4, 0.5) is 0 Å². The van der Waals surface area contributed by atoms with E-state index in [9.17, 15) is 9.90 Å². The Bertz CT molecular complexity index is 672. The zero-order valence-corrected chi connectivity index (χ0v) is 11.7. The van der Waals surface area contributed by atoms with Crippen molar-refractivity contribution in [1.29, 1.82) is 0 Å². The van der Waals surface area contributed by atoms with Crippen molar-refractivity contribution in [3.8, 4) is 5.75 Å². The topological polar surface area (TPSA) is 61.7 Å². The second kappa shape index (κ2) is 6.41. The van der Waals surface area contributed by atoms with E-state index in [4.69, 9.17) is 23.2 Å². The summed E-state index contributed by atoms with van der Waals surface area (Å²) < 4.78 is 0. The molecule has 6 heteroatoms. The van der Waals surface area contributed by atoms with E-state index in [1.165, 1.54) is 18.3 Å². The van der Waals surface area contributed by atoms with Gasteiger partial charge in [-0.3, -0.25) is 4.79 Å². The standard InChI is InChI=1S/C14H10Cl2N2O2/c15-12-5-4-9(6-13(12)16)8-17-18-14(20)10-2-1-3-11(19)7-10/h1-8,19H,(H,18,20)/b17-8-. The fourth-order valence-electron chi connectivity index (χ4n) is 1.47. The number of rotatable bonds is 3. The van der Waals surface area contributed by atoms with Crippen molar-refractivity contribution in [2.24, 2.45) is 5.10 Å². The van der Waals surface area contributed by atoms with Crippen molar-refractivity contribution in [2.75, 3.05) is 0 Å². The number of nitrogens with zero attached hydrogens (tertiary/aromatic N) is 1. The highest BCUT2D eigenvalue weighted by atomic mass is 35.5. The van der Waals surface area contributed by atoms with Crippen LogP contribution >= 0.6 is 23.2 Å². The first kappa shape index (κ1) is 14.4. The number of amides is 1. The summed E-state index contributed by atoms with van der Waals surface area (Å²) in [5.41, 5.74) is 3.37. The van der Waals surface area contributed by atoms with Crippen molar-refractivity contribution < 1.29 is 9.90 Å². The number of benzene rings is 2. The molecule has 0 atom stereocenters. The van der Waals surface area contributed by atoms with Crippen LogP contribution in [0.2, 0.25) is 10.0 Å². The predicted octanol–water partition coefficient (Wildman–Crippen LogP) is 3.46. The number of hydrogen-bond acceptors (Lipinski definition) is 3. The Morgan fingerprint density at radius 1 is 1.15 bits per heavy atom. The van der Waals surface area contributed by atoms with Gasteiger partial charge in [0.05, 0.1) is 16.3 Å². The van der Waals surface area contributed by atoms with Crippen LogP contribution in [0.1, 0.15) is 15.9 Å². The smallest absolute Gasteiger partial charge is 0.271 e. The molecule has 0 aliphatic carbocycles. The van der Waals surface area contributed by atoms with Crippen LogP contribution in [-0.4, -0.2) is 17.2 Å². The Kier molecular flexibility index (Phi) is 4.61. The number of halogens is 2. The first-order valence-electron chi connectivity index (χ1n) is 5.64. The van der Waals surface area contributed by atoms with Gasteiger partial charge in [0.15, 0.2) is 0 Å². The number of aromatic hydroxyl groups is 1. The van der Waals surface area contributed by atoms with Gasteiger partial charge in [0, 0.05) is 5.56 Å². The minimum absolute atomic E-state index is 0.0195. The van der Waals surface area contributed by atoms with Crippen LogP contribution in [0, 0.1) is 0 Å². The molecule has 2 aromatic rings. The molecule has 20 heavy (non-hydrogen) atoms. The molecule has 2 aromatic carbocycles. The molecular formula is C14H10Cl2N2O2. The molecule has 0 unspecified atom stereocenters. The minimum atomic E-state index is -0.419. The summed E-state index contributed by atoms with van der Waals surface area (Å²) in [5.74, 6) is -0.400. The van der Waals surface area contributed by atoms with E-state index < -0.39 is 5.91 Å². The quantitative estimate of drug-likeness (QED) is 0.674. The SMILES string of the molecule is O=C(N/N=C\c1ccc(Cl)c(Cl)c1)c1cccc(O)c1.